The molecule has 2 amide bonds. The van der Waals surface area contributed by atoms with Gasteiger partial charge >= 0.3 is 0 Å². The van der Waals surface area contributed by atoms with Crippen LogP contribution in [0.1, 0.15) is 5.56 Å². The summed E-state index contributed by atoms with van der Waals surface area (Å²) in [5, 5.41) is 2.51. The molecule has 1 N–H and O–H groups in total. The molecule has 0 aliphatic carbocycles. The number of amides is 2. The summed E-state index contributed by atoms with van der Waals surface area (Å²) in [4.78, 5) is 25.3. The monoisotopic (exact) mass is 391 g/mol. The van der Waals surface area contributed by atoms with Crippen molar-refractivity contribution in [3.63, 3.8) is 0 Å². The maximum Gasteiger partial charge on any atom is 0.243 e. The molecule has 0 unspecified atom stereocenters. The Labute approximate surface area is 156 Å². The SMILES string of the molecule is CN1C(=O)Cc2cc(S(=O)(=O)N(C)CC(=O)Nc3ccc(F)cc3)ccc21. The zero-order valence-electron chi connectivity index (χ0n) is 14.8. The molecule has 1 heterocycles. The van der Waals surface area contributed by atoms with Crippen LogP contribution in [-0.4, -0.2) is 45.2 Å². The van der Waals surface area contributed by atoms with Crippen LogP contribution in [0.4, 0.5) is 15.8 Å². The highest BCUT2D eigenvalue weighted by Gasteiger charge is 2.28. The molecule has 0 bridgehead atoms. The second-order valence-electron chi connectivity index (χ2n) is 6.24. The quantitative estimate of drug-likeness (QED) is 0.839. The number of carbonyl (C=O) groups is 2. The van der Waals surface area contributed by atoms with Gasteiger partial charge < -0.3 is 10.2 Å². The van der Waals surface area contributed by atoms with Gasteiger partial charge in [-0.15, -0.1) is 0 Å². The van der Waals surface area contributed by atoms with E-state index in [0.29, 0.717) is 16.9 Å². The Balaban J connectivity index is 1.73. The molecule has 0 radical (unpaired) electrons. The Morgan fingerprint density at radius 3 is 2.56 bits per heavy atom. The van der Waals surface area contributed by atoms with Crippen LogP contribution in [0.2, 0.25) is 0 Å². The summed E-state index contributed by atoms with van der Waals surface area (Å²) in [5.74, 6) is -1.09. The summed E-state index contributed by atoms with van der Waals surface area (Å²) >= 11 is 0. The number of nitrogens with zero attached hydrogens (tertiary/aromatic N) is 2. The molecule has 0 spiro atoms. The van der Waals surface area contributed by atoms with E-state index in [1.807, 2.05) is 0 Å². The van der Waals surface area contributed by atoms with Gasteiger partial charge in [-0.3, -0.25) is 9.59 Å². The fraction of sp³-hybridized carbons (Fsp3) is 0.222. The predicted molar refractivity (Wildman–Crippen MR) is 98.4 cm³/mol. The van der Waals surface area contributed by atoms with Gasteiger partial charge in [0.15, 0.2) is 0 Å². The molecule has 2 aromatic rings. The number of sulfonamides is 1. The molecule has 3 rings (SSSR count). The van der Waals surface area contributed by atoms with Crippen molar-refractivity contribution in [3.8, 4) is 0 Å². The van der Waals surface area contributed by atoms with E-state index in [0.717, 1.165) is 4.31 Å². The van der Waals surface area contributed by atoms with E-state index in [-0.39, 0.29) is 17.2 Å². The summed E-state index contributed by atoms with van der Waals surface area (Å²) in [6.45, 7) is -0.407. The number of anilines is 2. The van der Waals surface area contributed by atoms with Crippen LogP contribution >= 0.6 is 0 Å². The number of nitrogens with one attached hydrogen (secondary N) is 1. The Hall–Kier alpha value is -2.78. The molecule has 0 atom stereocenters. The number of carbonyl (C=O) groups excluding carboxylic acids is 2. The summed E-state index contributed by atoms with van der Waals surface area (Å²) < 4.78 is 39.3. The molecular formula is C18H18FN3O4S. The van der Waals surface area contributed by atoms with Gasteiger partial charge in [-0.05, 0) is 48.0 Å². The van der Waals surface area contributed by atoms with Crippen molar-refractivity contribution in [1.82, 2.24) is 4.31 Å². The van der Waals surface area contributed by atoms with Gasteiger partial charge in [0.05, 0.1) is 17.9 Å². The second kappa shape index (κ2) is 7.09. The van der Waals surface area contributed by atoms with Gasteiger partial charge in [0.2, 0.25) is 21.8 Å². The Kier molecular flexibility index (Phi) is 4.99. The van der Waals surface area contributed by atoms with Gasteiger partial charge in [-0.1, -0.05) is 0 Å². The molecule has 142 valence electrons. The van der Waals surface area contributed by atoms with Crippen LogP contribution < -0.4 is 10.2 Å². The minimum atomic E-state index is -3.91. The van der Waals surface area contributed by atoms with E-state index < -0.39 is 28.3 Å². The van der Waals surface area contributed by atoms with Crippen LogP contribution in [0.15, 0.2) is 47.4 Å². The minimum Gasteiger partial charge on any atom is -0.325 e. The van der Waals surface area contributed by atoms with Gasteiger partial charge in [0.25, 0.3) is 0 Å². The third-order valence-electron chi connectivity index (χ3n) is 4.33. The maximum absolute atomic E-state index is 12.9. The van der Waals surface area contributed by atoms with Gasteiger partial charge in [-0.2, -0.15) is 4.31 Å². The molecule has 0 saturated heterocycles. The Bertz CT molecular complexity index is 1010. The standard InChI is InChI=1S/C18H18FN3O4S/c1-21(11-17(23)20-14-5-3-13(19)4-6-14)27(25,26)15-7-8-16-12(9-15)10-18(24)22(16)2/h3-9H,10-11H2,1-2H3,(H,20,23). The van der Waals surface area contributed by atoms with E-state index in [2.05, 4.69) is 5.32 Å². The van der Waals surface area contributed by atoms with Crippen LogP contribution in [0.3, 0.4) is 0 Å². The summed E-state index contributed by atoms with van der Waals surface area (Å²) in [5.41, 5.74) is 1.68. The molecule has 27 heavy (non-hydrogen) atoms. The van der Waals surface area contributed by atoms with Crippen molar-refractivity contribution in [1.29, 1.82) is 0 Å². The van der Waals surface area contributed by atoms with E-state index in [1.54, 1.807) is 13.1 Å². The first-order valence-corrected chi connectivity index (χ1v) is 9.54. The van der Waals surface area contributed by atoms with Gasteiger partial charge in [0, 0.05) is 25.5 Å². The lowest BCUT2D eigenvalue weighted by Crippen LogP contribution is -2.35. The van der Waals surface area contributed by atoms with Crippen molar-refractivity contribution in [3.05, 3.63) is 53.8 Å². The number of hydrogen-bond donors (Lipinski definition) is 1. The molecule has 0 saturated carbocycles. The number of halogens is 1. The Morgan fingerprint density at radius 2 is 1.89 bits per heavy atom. The van der Waals surface area contributed by atoms with Crippen LogP contribution in [-0.2, 0) is 26.0 Å². The van der Waals surface area contributed by atoms with Crippen LogP contribution in [0.25, 0.3) is 0 Å². The molecule has 0 aromatic heterocycles. The first kappa shape index (κ1) is 19.0. The fourth-order valence-electron chi connectivity index (χ4n) is 2.81. The van der Waals surface area contributed by atoms with E-state index in [4.69, 9.17) is 0 Å². The summed E-state index contributed by atoms with van der Waals surface area (Å²) in [6, 6.07) is 9.61. The highest BCUT2D eigenvalue weighted by Crippen LogP contribution is 2.30. The average Bonchev–Trinajstić information content (AvgIpc) is 2.90. The second-order valence-corrected chi connectivity index (χ2v) is 8.28. The van der Waals surface area contributed by atoms with Crippen molar-refractivity contribution < 1.29 is 22.4 Å². The smallest absolute Gasteiger partial charge is 0.243 e. The number of hydrogen-bond acceptors (Lipinski definition) is 4. The lowest BCUT2D eigenvalue weighted by atomic mass is 10.2. The van der Waals surface area contributed by atoms with Crippen molar-refractivity contribution in [2.24, 2.45) is 0 Å². The topological polar surface area (TPSA) is 86.8 Å². The first-order chi connectivity index (χ1) is 12.7. The zero-order chi connectivity index (χ0) is 19.8. The van der Waals surface area contributed by atoms with Gasteiger partial charge in [-0.25, -0.2) is 12.8 Å². The average molecular weight is 391 g/mol. The van der Waals surface area contributed by atoms with Crippen molar-refractivity contribution in [2.45, 2.75) is 11.3 Å². The molecule has 9 heteroatoms. The number of likely N-dealkylation sites (N-methyl/N-ethyl adjacent to an activating group) is 2. The molecule has 0 fully saturated rings. The summed E-state index contributed by atoms with van der Waals surface area (Å²) in [6.07, 6.45) is 0.143. The molecule has 2 aromatic carbocycles. The Morgan fingerprint density at radius 1 is 1.22 bits per heavy atom. The highest BCUT2D eigenvalue weighted by atomic mass is 32.2. The van der Waals surface area contributed by atoms with Crippen LogP contribution in [0.5, 0.6) is 0 Å². The minimum absolute atomic E-state index is 0.0152. The molecule has 7 nitrogen and oxygen atoms in total. The number of rotatable bonds is 5. The zero-order valence-corrected chi connectivity index (χ0v) is 15.6. The fourth-order valence-corrected chi connectivity index (χ4v) is 3.99. The molecular weight excluding hydrogens is 373 g/mol. The third kappa shape index (κ3) is 3.83. The van der Waals surface area contributed by atoms with Crippen molar-refractivity contribution >= 4 is 33.2 Å². The van der Waals surface area contributed by atoms with E-state index >= 15 is 0 Å². The van der Waals surface area contributed by atoms with E-state index in [1.165, 1.54) is 48.3 Å². The lowest BCUT2D eigenvalue weighted by Gasteiger charge is -2.18. The van der Waals surface area contributed by atoms with E-state index in [9.17, 15) is 22.4 Å². The largest absolute Gasteiger partial charge is 0.325 e. The normalized spacial score (nSPS) is 13.8. The first-order valence-electron chi connectivity index (χ1n) is 8.10. The lowest BCUT2D eigenvalue weighted by molar-refractivity contribution is -0.117. The van der Waals surface area contributed by atoms with Gasteiger partial charge in [0.1, 0.15) is 5.82 Å². The van der Waals surface area contributed by atoms with Crippen molar-refractivity contribution in [2.75, 3.05) is 30.9 Å². The van der Waals surface area contributed by atoms with Crippen LogP contribution in [0, 0.1) is 5.82 Å². The molecule has 1 aliphatic rings. The number of fused-ring (bicyclic) bond motifs is 1. The maximum atomic E-state index is 12.9. The highest BCUT2D eigenvalue weighted by molar-refractivity contribution is 7.89. The number of benzene rings is 2. The summed E-state index contributed by atoms with van der Waals surface area (Å²) in [7, 11) is -0.978. The third-order valence-corrected chi connectivity index (χ3v) is 6.13. The predicted octanol–water partition coefficient (Wildman–Crippen LogP) is 1.60. The molecule has 1 aliphatic heterocycles.